The van der Waals surface area contributed by atoms with Gasteiger partial charge in [0.05, 0.1) is 6.61 Å². The van der Waals surface area contributed by atoms with Crippen molar-refractivity contribution in [3.8, 4) is 0 Å². The lowest BCUT2D eigenvalue weighted by atomic mass is 10.0. The fraction of sp³-hybridized carbons (Fsp3) is 0.900. The van der Waals surface area contributed by atoms with Gasteiger partial charge in [-0.25, -0.2) is 4.39 Å². The zero-order valence-electron chi connectivity index (χ0n) is 8.70. The van der Waals surface area contributed by atoms with Crippen molar-refractivity contribution in [2.45, 2.75) is 44.9 Å². The van der Waals surface area contributed by atoms with E-state index in [1.165, 1.54) is 0 Å². The van der Waals surface area contributed by atoms with E-state index in [-0.39, 0.29) is 0 Å². The van der Waals surface area contributed by atoms with Gasteiger partial charge in [-0.05, 0) is 26.7 Å². The van der Waals surface area contributed by atoms with Gasteiger partial charge < -0.3 is 10.1 Å². The number of fused-ring (bicyclic) bond motifs is 2. The highest BCUT2D eigenvalue weighted by Gasteiger charge is 2.43. The van der Waals surface area contributed by atoms with Crippen LogP contribution in [0, 0.1) is 5.92 Å². The third kappa shape index (κ3) is 2.67. The van der Waals surface area contributed by atoms with E-state index in [1.807, 2.05) is 0 Å². The molecule has 1 aliphatic carbocycles. The molecule has 1 saturated carbocycles. The van der Waals surface area contributed by atoms with Crippen LogP contribution in [0.2, 0.25) is 0 Å². The molecule has 3 nitrogen and oxygen atoms in total. The molecule has 1 aliphatic heterocycles. The first-order valence-electron chi connectivity index (χ1n) is 5.14. The van der Waals surface area contributed by atoms with Crippen LogP contribution < -0.4 is 5.32 Å². The summed E-state index contributed by atoms with van der Waals surface area (Å²) in [6.07, 6.45) is 1.32. The highest BCUT2D eigenvalue weighted by Crippen LogP contribution is 2.37. The highest BCUT2D eigenvalue weighted by molar-refractivity contribution is 5.36. The summed E-state index contributed by atoms with van der Waals surface area (Å²) in [7, 11) is 0. The molecular formula is C10H18FNO2. The molecule has 2 rings (SSSR count). The van der Waals surface area contributed by atoms with E-state index < -0.39 is 6.17 Å². The number of ether oxygens (including phenoxy) is 1. The molecule has 0 aromatic rings. The lowest BCUT2D eigenvalue weighted by molar-refractivity contribution is -0.128. The second kappa shape index (κ2) is 5.29. The predicted octanol–water partition coefficient (Wildman–Crippen LogP) is 1.27. The van der Waals surface area contributed by atoms with Gasteiger partial charge >= 0.3 is 0 Å². The third-order valence-corrected chi connectivity index (χ3v) is 2.91. The van der Waals surface area contributed by atoms with E-state index in [1.54, 1.807) is 6.92 Å². The van der Waals surface area contributed by atoms with Gasteiger partial charge in [0.15, 0.2) is 0 Å². The van der Waals surface area contributed by atoms with Gasteiger partial charge in [0.1, 0.15) is 6.17 Å². The van der Waals surface area contributed by atoms with Gasteiger partial charge in [0.2, 0.25) is 0 Å². The fourth-order valence-electron chi connectivity index (χ4n) is 2.24. The first kappa shape index (κ1) is 11.4. The molecule has 0 aromatic carbocycles. The van der Waals surface area contributed by atoms with Crippen LogP contribution in [0.25, 0.3) is 0 Å². The maximum absolute atomic E-state index is 12.8. The molecule has 2 bridgehead atoms. The Kier molecular flexibility index (Phi) is 4.32. The van der Waals surface area contributed by atoms with Gasteiger partial charge in [-0.1, -0.05) is 0 Å². The van der Waals surface area contributed by atoms with E-state index in [0.717, 1.165) is 12.8 Å². The van der Waals surface area contributed by atoms with Crippen LogP contribution in [0.15, 0.2) is 0 Å². The molecule has 2 fully saturated rings. The number of hydrogen-bond acceptors (Lipinski definition) is 3. The molecule has 1 saturated heterocycles. The molecule has 4 atom stereocenters. The molecule has 1 heterocycles. The van der Waals surface area contributed by atoms with E-state index >= 15 is 0 Å². The van der Waals surface area contributed by atoms with Crippen LogP contribution in [0.5, 0.6) is 0 Å². The Morgan fingerprint density at radius 1 is 1.57 bits per heavy atom. The Hall–Kier alpha value is -0.640. The number of alkyl halides is 1. The zero-order valence-corrected chi connectivity index (χ0v) is 8.70. The summed E-state index contributed by atoms with van der Waals surface area (Å²) in [6.45, 7) is 4.74. The first-order chi connectivity index (χ1) is 6.69. The summed E-state index contributed by atoms with van der Waals surface area (Å²) in [5.41, 5.74) is 0. The second-order valence-corrected chi connectivity index (χ2v) is 3.86. The van der Waals surface area contributed by atoms with Crippen molar-refractivity contribution in [1.82, 2.24) is 5.32 Å². The molecule has 1 N–H and O–H groups in total. The zero-order chi connectivity index (χ0) is 10.6. The topological polar surface area (TPSA) is 38.3 Å². The second-order valence-electron chi connectivity index (χ2n) is 3.86. The standard InChI is InChI=1S/C7H12FN.C3H6O2/c1-4-6-2-5(9-4)3-7(6)8;1-2-5-3-4/h4-7,9H,2-3H2,1H3;3H,2H2,1H3. The van der Waals surface area contributed by atoms with Crippen molar-refractivity contribution in [1.29, 1.82) is 0 Å². The summed E-state index contributed by atoms with van der Waals surface area (Å²) in [5.74, 6) is 0.329. The van der Waals surface area contributed by atoms with Crippen molar-refractivity contribution >= 4 is 6.47 Å². The Morgan fingerprint density at radius 3 is 2.50 bits per heavy atom. The largest absolute Gasteiger partial charge is 0.468 e. The third-order valence-electron chi connectivity index (χ3n) is 2.91. The summed E-state index contributed by atoms with van der Waals surface area (Å²) in [6, 6.07) is 0.929. The Balaban J connectivity index is 0.000000171. The smallest absolute Gasteiger partial charge is 0.293 e. The Labute approximate surface area is 84.0 Å². The van der Waals surface area contributed by atoms with Crippen LogP contribution >= 0.6 is 0 Å². The summed E-state index contributed by atoms with van der Waals surface area (Å²) in [5, 5.41) is 3.34. The van der Waals surface area contributed by atoms with Crippen molar-refractivity contribution in [3.63, 3.8) is 0 Å². The van der Waals surface area contributed by atoms with Crippen LogP contribution in [-0.4, -0.2) is 31.3 Å². The number of carbonyl (C=O) groups is 1. The quantitative estimate of drug-likeness (QED) is 0.687. The summed E-state index contributed by atoms with van der Waals surface area (Å²) < 4.78 is 17.0. The first-order valence-corrected chi connectivity index (χ1v) is 5.14. The van der Waals surface area contributed by atoms with Gasteiger partial charge in [-0.3, -0.25) is 4.79 Å². The Bertz CT molecular complexity index is 177. The number of hydrogen-bond donors (Lipinski definition) is 1. The predicted molar refractivity (Wildman–Crippen MR) is 51.7 cm³/mol. The molecule has 0 amide bonds. The fourth-order valence-corrected chi connectivity index (χ4v) is 2.24. The van der Waals surface area contributed by atoms with Gasteiger partial charge in [-0.15, -0.1) is 0 Å². The molecule has 0 spiro atoms. The Morgan fingerprint density at radius 2 is 2.29 bits per heavy atom. The van der Waals surface area contributed by atoms with Crippen LogP contribution in [0.4, 0.5) is 4.39 Å². The lowest BCUT2D eigenvalue weighted by Crippen LogP contribution is -2.38. The molecule has 4 unspecified atom stereocenters. The molecule has 2 aliphatic rings. The number of halogens is 1. The number of nitrogens with one attached hydrogen (secondary N) is 1. The van der Waals surface area contributed by atoms with Crippen molar-refractivity contribution < 1.29 is 13.9 Å². The minimum Gasteiger partial charge on any atom is -0.468 e. The molecule has 4 heteroatoms. The monoisotopic (exact) mass is 203 g/mol. The maximum atomic E-state index is 12.8. The molecule has 0 aromatic heterocycles. The minimum absolute atomic E-state index is 0.329. The summed E-state index contributed by atoms with van der Waals surface area (Å²) >= 11 is 0. The SMILES string of the molecule is CC1NC2CC(F)C1C2.CCOC=O. The normalized spacial score (nSPS) is 38.8. The minimum atomic E-state index is -0.508. The van der Waals surface area contributed by atoms with Crippen LogP contribution in [-0.2, 0) is 9.53 Å². The van der Waals surface area contributed by atoms with Crippen LogP contribution in [0.3, 0.4) is 0 Å². The molecular weight excluding hydrogens is 185 g/mol. The van der Waals surface area contributed by atoms with Crippen molar-refractivity contribution in [2.75, 3.05) is 6.61 Å². The van der Waals surface area contributed by atoms with Crippen molar-refractivity contribution in [2.24, 2.45) is 5.92 Å². The van der Waals surface area contributed by atoms with E-state index in [4.69, 9.17) is 0 Å². The average molecular weight is 203 g/mol. The van der Waals surface area contributed by atoms with Crippen LogP contribution in [0.1, 0.15) is 26.7 Å². The number of piperidine rings is 1. The summed E-state index contributed by atoms with van der Waals surface area (Å²) in [4.78, 5) is 9.18. The highest BCUT2D eigenvalue weighted by atomic mass is 19.1. The van der Waals surface area contributed by atoms with E-state index in [9.17, 15) is 9.18 Å². The number of rotatable bonds is 2. The van der Waals surface area contributed by atoms with E-state index in [0.29, 0.717) is 31.1 Å². The molecule has 82 valence electrons. The van der Waals surface area contributed by atoms with Gasteiger partial charge in [0, 0.05) is 18.0 Å². The van der Waals surface area contributed by atoms with Crippen molar-refractivity contribution in [3.05, 3.63) is 0 Å². The molecule has 0 radical (unpaired) electrons. The van der Waals surface area contributed by atoms with E-state index in [2.05, 4.69) is 17.0 Å². The number of carbonyl (C=O) groups excluding carboxylic acids is 1. The lowest BCUT2D eigenvalue weighted by Gasteiger charge is -2.21. The van der Waals surface area contributed by atoms with Gasteiger partial charge in [0.25, 0.3) is 6.47 Å². The molecule has 14 heavy (non-hydrogen) atoms. The average Bonchev–Trinajstić information content (AvgIpc) is 2.64. The van der Waals surface area contributed by atoms with Gasteiger partial charge in [-0.2, -0.15) is 0 Å². The maximum Gasteiger partial charge on any atom is 0.293 e.